The van der Waals surface area contributed by atoms with E-state index in [9.17, 15) is 9.18 Å². The Labute approximate surface area is 108 Å². The third kappa shape index (κ3) is 3.55. The summed E-state index contributed by atoms with van der Waals surface area (Å²) in [5.41, 5.74) is -0.0970. The molecule has 6 heteroatoms. The maximum Gasteiger partial charge on any atom is 0.510 e. The normalized spacial score (nSPS) is 21.8. The molecule has 0 aromatic heterocycles. The number of carbonyl (C=O) groups is 1. The number of halogens is 1. The molecule has 1 heterocycles. The molecule has 0 bridgehead atoms. The molecule has 0 saturated carbocycles. The van der Waals surface area contributed by atoms with E-state index in [2.05, 4.69) is 9.47 Å². The second-order valence-electron chi connectivity index (χ2n) is 5.87. The first kappa shape index (κ1) is 15.2. The number of rotatable bonds is 4. The van der Waals surface area contributed by atoms with Crippen LogP contribution >= 0.6 is 0 Å². The Balaban J connectivity index is 2.49. The van der Waals surface area contributed by atoms with Crippen molar-refractivity contribution in [2.24, 2.45) is 0 Å². The lowest BCUT2D eigenvalue weighted by Gasteiger charge is -2.35. The second-order valence-corrected chi connectivity index (χ2v) is 11.1. The van der Waals surface area contributed by atoms with Crippen molar-refractivity contribution in [2.75, 3.05) is 13.2 Å². The zero-order chi connectivity index (χ0) is 14.0. The molecule has 1 fully saturated rings. The highest BCUT2D eigenvalue weighted by Gasteiger charge is 2.39. The summed E-state index contributed by atoms with van der Waals surface area (Å²) in [6.45, 7) is 10.2. The molecule has 0 aliphatic carbocycles. The van der Waals surface area contributed by atoms with E-state index in [-0.39, 0.29) is 23.7 Å². The van der Waals surface area contributed by atoms with Gasteiger partial charge in [0.15, 0.2) is 6.61 Å². The smallest absolute Gasteiger partial charge is 0.428 e. The van der Waals surface area contributed by atoms with Crippen LogP contribution in [0.1, 0.15) is 20.8 Å². The van der Waals surface area contributed by atoms with Crippen LogP contribution < -0.4 is 0 Å². The minimum Gasteiger partial charge on any atom is -0.428 e. The Hall–Kier alpha value is -0.883. The van der Waals surface area contributed by atoms with Crippen LogP contribution in [0.2, 0.25) is 18.1 Å². The maximum atomic E-state index is 14.1. The van der Waals surface area contributed by atoms with Crippen molar-refractivity contribution in [3.05, 3.63) is 11.5 Å². The topological polar surface area (TPSA) is 44.8 Å². The van der Waals surface area contributed by atoms with E-state index in [0.717, 1.165) is 0 Å². The third-order valence-electron chi connectivity index (χ3n) is 3.58. The van der Waals surface area contributed by atoms with Crippen LogP contribution in [-0.2, 0) is 14.2 Å². The van der Waals surface area contributed by atoms with Gasteiger partial charge in [-0.15, -0.1) is 0 Å². The van der Waals surface area contributed by atoms with Crippen LogP contribution in [0.25, 0.3) is 0 Å². The zero-order valence-electron chi connectivity index (χ0n) is 11.6. The molecular formula is C12H21FO4Si. The Morgan fingerprint density at radius 2 is 2.17 bits per heavy atom. The largest absolute Gasteiger partial charge is 0.510 e. The van der Waals surface area contributed by atoms with Gasteiger partial charge in [-0.25, -0.2) is 9.18 Å². The summed E-state index contributed by atoms with van der Waals surface area (Å²) in [6, 6.07) is 0. The molecule has 18 heavy (non-hydrogen) atoms. The number of cyclic esters (lactones) is 2. The monoisotopic (exact) mass is 276 g/mol. The summed E-state index contributed by atoms with van der Waals surface area (Å²) in [4.78, 5) is 10.6. The van der Waals surface area contributed by atoms with E-state index in [1.165, 1.54) is 6.08 Å². The minimum atomic E-state index is -2.12. The van der Waals surface area contributed by atoms with Crippen LogP contribution in [-0.4, -0.2) is 33.7 Å². The van der Waals surface area contributed by atoms with E-state index in [1.54, 1.807) is 0 Å². The van der Waals surface area contributed by atoms with Crippen molar-refractivity contribution in [3.63, 3.8) is 0 Å². The summed E-state index contributed by atoms with van der Waals surface area (Å²) in [6.07, 6.45) is -0.0290. The van der Waals surface area contributed by atoms with Crippen molar-refractivity contribution in [2.45, 2.75) is 45.2 Å². The van der Waals surface area contributed by atoms with Crippen LogP contribution in [0, 0.1) is 0 Å². The van der Waals surface area contributed by atoms with Gasteiger partial charge in [0, 0.05) is 0 Å². The molecule has 0 radical (unpaired) electrons. The summed E-state index contributed by atoms with van der Waals surface area (Å²) in [5, 5.41) is -0.0590. The quantitative estimate of drug-likeness (QED) is 0.583. The number of carbonyl (C=O) groups excluding carboxylic acids is 1. The lowest BCUT2D eigenvalue weighted by molar-refractivity contribution is -0.0663. The van der Waals surface area contributed by atoms with Gasteiger partial charge in [-0.05, 0) is 11.1 Å². The molecule has 1 unspecified atom stereocenters. The van der Waals surface area contributed by atoms with E-state index < -0.39 is 20.5 Å². The van der Waals surface area contributed by atoms with Crippen LogP contribution in [0.4, 0.5) is 9.18 Å². The fourth-order valence-electron chi connectivity index (χ4n) is 1.24. The maximum absolute atomic E-state index is 14.1. The highest BCUT2D eigenvalue weighted by molar-refractivity contribution is 6.86. The number of hydrogen-bond acceptors (Lipinski definition) is 4. The summed E-state index contributed by atoms with van der Waals surface area (Å²) in [5.74, 6) is 0. The molecule has 1 saturated heterocycles. The second kappa shape index (κ2) is 5.40. The highest BCUT2D eigenvalue weighted by Crippen LogP contribution is 2.40. The predicted octanol–water partition coefficient (Wildman–Crippen LogP) is 3.40. The molecule has 1 rings (SSSR count). The molecule has 0 spiro atoms. The molecule has 1 aliphatic rings. The first-order valence-electron chi connectivity index (χ1n) is 5.96. The lowest BCUT2D eigenvalue weighted by Crippen LogP contribution is -2.38. The van der Waals surface area contributed by atoms with Gasteiger partial charge >= 0.3 is 6.16 Å². The number of hydrogen-bond donors (Lipinski definition) is 0. The minimum absolute atomic E-state index is 0.0590. The Kier molecular flexibility index (Phi) is 4.55. The van der Waals surface area contributed by atoms with Gasteiger partial charge < -0.3 is 14.2 Å². The Morgan fingerprint density at radius 1 is 1.56 bits per heavy atom. The van der Waals surface area contributed by atoms with Crippen molar-refractivity contribution < 1.29 is 23.4 Å². The molecule has 1 atom stereocenters. The van der Waals surface area contributed by atoms with Gasteiger partial charge in [0.25, 0.3) is 0 Å². The fourth-order valence-corrected chi connectivity index (χ4v) is 2.55. The van der Waals surface area contributed by atoms with Crippen LogP contribution in [0.5, 0.6) is 0 Å². The van der Waals surface area contributed by atoms with Crippen LogP contribution in [0.3, 0.4) is 0 Å². The highest BCUT2D eigenvalue weighted by atomic mass is 28.3. The Morgan fingerprint density at radius 3 is 2.61 bits per heavy atom. The lowest BCUT2D eigenvalue weighted by atomic mass is 10.2. The molecule has 0 aromatic rings. The SMILES string of the molecule is CC(C)(C)[Si](C)(C)/C(F)=C/COC1COC(=O)O1. The van der Waals surface area contributed by atoms with E-state index >= 15 is 0 Å². The number of ether oxygens (including phenoxy) is 3. The van der Waals surface area contributed by atoms with Gasteiger partial charge in [-0.2, -0.15) is 0 Å². The summed E-state index contributed by atoms with van der Waals surface area (Å²) < 4.78 is 28.5. The molecule has 0 amide bonds. The standard InChI is InChI=1S/C12H21FO4Si/c1-12(2,3)18(4,5)9(13)6-7-15-10-8-16-11(14)17-10/h6,10H,7-8H2,1-5H3/b9-6+. The predicted molar refractivity (Wildman–Crippen MR) is 68.6 cm³/mol. The average molecular weight is 276 g/mol. The molecule has 0 N–H and O–H groups in total. The fraction of sp³-hybridized carbons (Fsp3) is 0.750. The van der Waals surface area contributed by atoms with Crippen molar-refractivity contribution in [1.29, 1.82) is 0 Å². The van der Waals surface area contributed by atoms with Gasteiger partial charge in [-0.1, -0.05) is 33.9 Å². The van der Waals surface area contributed by atoms with Gasteiger partial charge in [-0.3, -0.25) is 0 Å². The molecule has 0 aromatic carbocycles. The van der Waals surface area contributed by atoms with Gasteiger partial charge in [0.2, 0.25) is 6.29 Å². The van der Waals surface area contributed by atoms with Crippen LogP contribution in [0.15, 0.2) is 11.5 Å². The first-order valence-corrected chi connectivity index (χ1v) is 8.96. The third-order valence-corrected chi connectivity index (χ3v) is 8.73. The Bertz CT molecular complexity index is 346. The first-order chi connectivity index (χ1) is 8.14. The summed E-state index contributed by atoms with van der Waals surface area (Å²) in [7, 11) is -2.12. The molecule has 104 valence electrons. The van der Waals surface area contributed by atoms with Crippen molar-refractivity contribution in [3.8, 4) is 0 Å². The van der Waals surface area contributed by atoms with Crippen molar-refractivity contribution in [1.82, 2.24) is 0 Å². The summed E-state index contributed by atoms with van der Waals surface area (Å²) >= 11 is 0. The average Bonchev–Trinajstić information content (AvgIpc) is 2.62. The van der Waals surface area contributed by atoms with Crippen molar-refractivity contribution >= 4 is 14.2 Å². The van der Waals surface area contributed by atoms with Gasteiger partial charge in [0.05, 0.1) is 12.1 Å². The van der Waals surface area contributed by atoms with Gasteiger partial charge in [0.1, 0.15) is 8.07 Å². The molecule has 4 nitrogen and oxygen atoms in total. The zero-order valence-corrected chi connectivity index (χ0v) is 12.6. The van der Waals surface area contributed by atoms with E-state index in [0.29, 0.717) is 0 Å². The van der Waals surface area contributed by atoms with E-state index in [1.807, 2.05) is 33.9 Å². The molecule has 1 aliphatic heterocycles. The molecular weight excluding hydrogens is 255 g/mol. The van der Waals surface area contributed by atoms with E-state index in [4.69, 9.17) is 4.74 Å².